The molecular weight excluding hydrogens is 260 g/mol. The van der Waals surface area contributed by atoms with Crippen molar-refractivity contribution < 1.29 is 9.47 Å². The van der Waals surface area contributed by atoms with Gasteiger partial charge in [0.25, 0.3) is 0 Å². The third-order valence-corrected chi connectivity index (χ3v) is 3.37. The van der Waals surface area contributed by atoms with Crippen LogP contribution in [0.15, 0.2) is 24.8 Å². The van der Waals surface area contributed by atoms with Crippen molar-refractivity contribution in [3.05, 3.63) is 35.4 Å². The number of hydrogen-bond donors (Lipinski definition) is 0. The van der Waals surface area contributed by atoms with Gasteiger partial charge in [0.2, 0.25) is 0 Å². The Morgan fingerprint density at radius 2 is 1.74 bits per heavy atom. The van der Waals surface area contributed by atoms with Crippen molar-refractivity contribution in [3.8, 4) is 11.5 Å². The third kappa shape index (κ3) is 4.17. The van der Waals surface area contributed by atoms with Crippen molar-refractivity contribution in [3.63, 3.8) is 0 Å². The second kappa shape index (κ2) is 8.11. The van der Waals surface area contributed by atoms with E-state index in [0.717, 1.165) is 29.2 Å². The van der Waals surface area contributed by atoms with Crippen LogP contribution >= 0.6 is 11.6 Å². The molecular formula is C16H23ClO2. The van der Waals surface area contributed by atoms with E-state index in [0.29, 0.717) is 24.9 Å². The number of rotatable bonds is 8. The van der Waals surface area contributed by atoms with E-state index in [1.165, 1.54) is 0 Å². The molecule has 0 bridgehead atoms. The first-order valence-electron chi connectivity index (χ1n) is 6.87. The predicted octanol–water partition coefficient (Wildman–Crippen LogP) is 5.21. The fourth-order valence-corrected chi connectivity index (χ4v) is 2.42. The van der Waals surface area contributed by atoms with Crippen molar-refractivity contribution in [1.82, 2.24) is 0 Å². The summed E-state index contributed by atoms with van der Waals surface area (Å²) in [6.07, 6.45) is 3.86. The zero-order valence-corrected chi connectivity index (χ0v) is 12.8. The van der Waals surface area contributed by atoms with Gasteiger partial charge in [-0.15, -0.1) is 6.58 Å². The zero-order chi connectivity index (χ0) is 14.3. The predicted molar refractivity (Wildman–Crippen MR) is 81.6 cm³/mol. The Hall–Kier alpha value is -1.15. The van der Waals surface area contributed by atoms with Crippen molar-refractivity contribution in [2.75, 3.05) is 13.2 Å². The van der Waals surface area contributed by atoms with Crippen LogP contribution in [0, 0.1) is 0 Å². The zero-order valence-electron chi connectivity index (χ0n) is 12.0. The third-order valence-electron chi connectivity index (χ3n) is 3.05. The molecule has 0 amide bonds. The standard InChI is InChI=1S/C16H23ClO2/c1-5-9-12(6-2)13-10-15(18-7-3)16(19-8-4)11-14(13)17/h5,10-12H,1,6-9H2,2-4H3. The highest BCUT2D eigenvalue weighted by Crippen LogP contribution is 2.39. The minimum atomic E-state index is 0.375. The average Bonchev–Trinajstić information content (AvgIpc) is 2.40. The van der Waals surface area contributed by atoms with E-state index >= 15 is 0 Å². The second-order valence-electron chi connectivity index (χ2n) is 4.32. The SMILES string of the molecule is C=CCC(CC)c1cc(OCC)c(OCC)cc1Cl. The molecule has 106 valence electrons. The summed E-state index contributed by atoms with van der Waals surface area (Å²) in [7, 11) is 0. The van der Waals surface area contributed by atoms with Crippen LogP contribution in [0.1, 0.15) is 45.1 Å². The Morgan fingerprint density at radius 1 is 1.16 bits per heavy atom. The molecule has 1 aromatic rings. The summed E-state index contributed by atoms with van der Waals surface area (Å²) < 4.78 is 11.2. The smallest absolute Gasteiger partial charge is 0.162 e. The highest BCUT2D eigenvalue weighted by atomic mass is 35.5. The molecule has 0 aliphatic carbocycles. The van der Waals surface area contributed by atoms with Crippen LogP contribution in [0.25, 0.3) is 0 Å². The van der Waals surface area contributed by atoms with Crippen LogP contribution in [-0.4, -0.2) is 13.2 Å². The van der Waals surface area contributed by atoms with Gasteiger partial charge in [0, 0.05) is 11.1 Å². The minimum Gasteiger partial charge on any atom is -0.490 e. The lowest BCUT2D eigenvalue weighted by molar-refractivity contribution is 0.287. The first-order valence-corrected chi connectivity index (χ1v) is 7.25. The van der Waals surface area contributed by atoms with Gasteiger partial charge < -0.3 is 9.47 Å². The van der Waals surface area contributed by atoms with Crippen LogP contribution in [0.2, 0.25) is 5.02 Å². The van der Waals surface area contributed by atoms with E-state index in [1.807, 2.05) is 32.1 Å². The molecule has 0 spiro atoms. The number of allylic oxidation sites excluding steroid dienone is 1. The minimum absolute atomic E-state index is 0.375. The van der Waals surface area contributed by atoms with Crippen LogP contribution in [-0.2, 0) is 0 Å². The summed E-state index contributed by atoms with van der Waals surface area (Å²) in [6.45, 7) is 11.1. The molecule has 0 N–H and O–H groups in total. The maximum atomic E-state index is 6.38. The van der Waals surface area contributed by atoms with Gasteiger partial charge in [0.15, 0.2) is 11.5 Å². The molecule has 0 aromatic heterocycles. The molecule has 0 aliphatic rings. The largest absolute Gasteiger partial charge is 0.490 e. The fourth-order valence-electron chi connectivity index (χ4n) is 2.12. The lowest BCUT2D eigenvalue weighted by Crippen LogP contribution is -2.02. The summed E-state index contributed by atoms with van der Waals surface area (Å²) in [5, 5.41) is 0.737. The molecule has 0 saturated heterocycles. The molecule has 0 aliphatic heterocycles. The van der Waals surface area contributed by atoms with E-state index in [-0.39, 0.29) is 0 Å². The molecule has 1 atom stereocenters. The Kier molecular flexibility index (Phi) is 6.79. The Bertz CT molecular complexity index is 415. The van der Waals surface area contributed by atoms with E-state index in [4.69, 9.17) is 21.1 Å². The summed E-state index contributed by atoms with van der Waals surface area (Å²) in [4.78, 5) is 0. The Morgan fingerprint density at radius 3 is 2.21 bits per heavy atom. The quantitative estimate of drug-likeness (QED) is 0.610. The van der Waals surface area contributed by atoms with Gasteiger partial charge in [-0.1, -0.05) is 24.6 Å². The van der Waals surface area contributed by atoms with Gasteiger partial charge in [-0.3, -0.25) is 0 Å². The fraction of sp³-hybridized carbons (Fsp3) is 0.500. The number of hydrogen-bond acceptors (Lipinski definition) is 2. The molecule has 1 rings (SSSR count). The van der Waals surface area contributed by atoms with Crippen molar-refractivity contribution in [2.24, 2.45) is 0 Å². The summed E-state index contributed by atoms with van der Waals surface area (Å²) in [6, 6.07) is 3.87. The molecule has 1 aromatic carbocycles. The van der Waals surface area contributed by atoms with Gasteiger partial charge >= 0.3 is 0 Å². The van der Waals surface area contributed by atoms with Crippen molar-refractivity contribution >= 4 is 11.6 Å². The summed E-state index contributed by atoms with van der Waals surface area (Å²) in [5.41, 5.74) is 1.11. The molecule has 0 radical (unpaired) electrons. The van der Waals surface area contributed by atoms with Crippen molar-refractivity contribution in [2.45, 2.75) is 39.5 Å². The van der Waals surface area contributed by atoms with E-state index in [9.17, 15) is 0 Å². The highest BCUT2D eigenvalue weighted by molar-refractivity contribution is 6.31. The number of halogens is 1. The maximum Gasteiger partial charge on any atom is 0.162 e. The monoisotopic (exact) mass is 282 g/mol. The second-order valence-corrected chi connectivity index (χ2v) is 4.72. The van der Waals surface area contributed by atoms with Gasteiger partial charge in [0.05, 0.1) is 13.2 Å². The topological polar surface area (TPSA) is 18.5 Å². The molecule has 1 unspecified atom stereocenters. The molecule has 0 fully saturated rings. The molecule has 3 heteroatoms. The van der Waals surface area contributed by atoms with Gasteiger partial charge in [-0.05, 0) is 44.2 Å². The van der Waals surface area contributed by atoms with Gasteiger partial charge in [0.1, 0.15) is 0 Å². The molecule has 2 nitrogen and oxygen atoms in total. The molecule has 0 saturated carbocycles. The Labute approximate surface area is 121 Å². The van der Waals surface area contributed by atoms with E-state index in [2.05, 4.69) is 13.5 Å². The average molecular weight is 283 g/mol. The van der Waals surface area contributed by atoms with Gasteiger partial charge in [-0.25, -0.2) is 0 Å². The molecule has 19 heavy (non-hydrogen) atoms. The summed E-state index contributed by atoms with van der Waals surface area (Å²) >= 11 is 6.38. The first kappa shape index (κ1) is 15.9. The van der Waals surface area contributed by atoms with Crippen LogP contribution in [0.4, 0.5) is 0 Å². The number of ether oxygens (including phenoxy) is 2. The van der Waals surface area contributed by atoms with Crippen molar-refractivity contribution in [1.29, 1.82) is 0 Å². The molecule has 0 heterocycles. The van der Waals surface area contributed by atoms with Crippen LogP contribution < -0.4 is 9.47 Å². The lowest BCUT2D eigenvalue weighted by Gasteiger charge is -2.19. The van der Waals surface area contributed by atoms with Crippen LogP contribution in [0.3, 0.4) is 0 Å². The summed E-state index contributed by atoms with van der Waals surface area (Å²) in [5.74, 6) is 1.86. The maximum absolute atomic E-state index is 6.38. The lowest BCUT2D eigenvalue weighted by atomic mass is 9.93. The van der Waals surface area contributed by atoms with E-state index < -0.39 is 0 Å². The van der Waals surface area contributed by atoms with E-state index in [1.54, 1.807) is 0 Å². The van der Waals surface area contributed by atoms with Crippen LogP contribution in [0.5, 0.6) is 11.5 Å². The Balaban J connectivity index is 3.17. The normalized spacial score (nSPS) is 12.0. The van der Waals surface area contributed by atoms with Gasteiger partial charge in [-0.2, -0.15) is 0 Å². The first-order chi connectivity index (χ1) is 9.17. The highest BCUT2D eigenvalue weighted by Gasteiger charge is 2.16. The number of benzene rings is 1.